The van der Waals surface area contributed by atoms with Crippen LogP contribution < -0.4 is 0 Å². The Morgan fingerprint density at radius 2 is 1.74 bits per heavy atom. The van der Waals surface area contributed by atoms with Crippen molar-refractivity contribution in [2.75, 3.05) is 20.8 Å². The summed E-state index contributed by atoms with van der Waals surface area (Å²) >= 11 is 0. The largest absolute Gasteiger partial charge is 0.469 e. The average molecular weight is 321 g/mol. The summed E-state index contributed by atoms with van der Waals surface area (Å²) in [5.41, 5.74) is 0.833. The van der Waals surface area contributed by atoms with Crippen LogP contribution in [0.2, 0.25) is 0 Å². The van der Waals surface area contributed by atoms with Gasteiger partial charge in [0.1, 0.15) is 12.6 Å². The molecule has 0 N–H and O–H groups in total. The molecule has 1 fully saturated rings. The van der Waals surface area contributed by atoms with Crippen LogP contribution in [0.3, 0.4) is 0 Å². The highest BCUT2D eigenvalue weighted by Crippen LogP contribution is 2.26. The predicted octanol–water partition coefficient (Wildman–Crippen LogP) is 1.36. The number of rotatable bonds is 4. The van der Waals surface area contributed by atoms with Crippen LogP contribution in [-0.2, 0) is 30.4 Å². The summed E-state index contributed by atoms with van der Waals surface area (Å²) in [6.07, 6.45) is -0.490. The number of nitrogens with zero attached hydrogens (tertiary/aromatic N) is 1. The van der Waals surface area contributed by atoms with E-state index in [1.807, 2.05) is 30.3 Å². The molecule has 1 aromatic carbocycles. The maximum Gasteiger partial charge on any atom is 0.410 e. The zero-order valence-electron chi connectivity index (χ0n) is 13.1. The van der Waals surface area contributed by atoms with E-state index in [0.29, 0.717) is 0 Å². The minimum Gasteiger partial charge on any atom is -0.469 e. The van der Waals surface area contributed by atoms with Crippen molar-refractivity contribution in [2.24, 2.45) is 5.92 Å². The SMILES string of the molecule is COC(=O)[C@H]1C[C@@H](C(=O)OC)N(C(=O)OCc2ccccc2)C1. The Balaban J connectivity index is 2.03. The molecule has 1 aliphatic rings. The number of hydrogen-bond donors (Lipinski definition) is 0. The molecule has 2 rings (SSSR count). The van der Waals surface area contributed by atoms with Crippen LogP contribution in [0, 0.1) is 5.92 Å². The molecule has 0 saturated carbocycles. The number of carbonyl (C=O) groups excluding carboxylic acids is 3. The van der Waals surface area contributed by atoms with Crippen molar-refractivity contribution in [1.82, 2.24) is 4.90 Å². The second kappa shape index (κ2) is 7.62. The molecule has 1 amide bonds. The maximum absolute atomic E-state index is 12.2. The lowest BCUT2D eigenvalue weighted by Gasteiger charge is -2.21. The van der Waals surface area contributed by atoms with Crippen LogP contribution in [0.25, 0.3) is 0 Å². The third-order valence-electron chi connectivity index (χ3n) is 3.75. The Bertz CT molecular complexity index is 573. The van der Waals surface area contributed by atoms with E-state index in [4.69, 9.17) is 9.47 Å². The van der Waals surface area contributed by atoms with E-state index in [0.717, 1.165) is 5.56 Å². The number of esters is 2. The summed E-state index contributed by atoms with van der Waals surface area (Å²) in [6, 6.07) is 8.35. The van der Waals surface area contributed by atoms with Gasteiger partial charge in [0, 0.05) is 6.54 Å². The highest BCUT2D eigenvalue weighted by atomic mass is 16.6. The van der Waals surface area contributed by atoms with Crippen molar-refractivity contribution in [1.29, 1.82) is 0 Å². The smallest absolute Gasteiger partial charge is 0.410 e. The van der Waals surface area contributed by atoms with Crippen LogP contribution in [0.5, 0.6) is 0 Å². The first kappa shape index (κ1) is 16.8. The average Bonchev–Trinajstić information content (AvgIpc) is 3.04. The molecule has 1 aliphatic heterocycles. The topological polar surface area (TPSA) is 82.1 Å². The van der Waals surface area contributed by atoms with Crippen molar-refractivity contribution in [3.05, 3.63) is 35.9 Å². The van der Waals surface area contributed by atoms with Crippen molar-refractivity contribution >= 4 is 18.0 Å². The molecule has 1 heterocycles. The van der Waals surface area contributed by atoms with E-state index in [-0.39, 0.29) is 19.6 Å². The van der Waals surface area contributed by atoms with Gasteiger partial charge in [-0.25, -0.2) is 9.59 Å². The molecule has 23 heavy (non-hydrogen) atoms. The standard InChI is InChI=1S/C16H19NO6/c1-21-14(18)12-8-13(15(19)22-2)17(9-12)16(20)23-10-11-6-4-3-5-7-11/h3-7,12-13H,8-10H2,1-2H3/t12-,13-/m0/s1. The molecular formula is C16H19NO6. The van der Waals surface area contributed by atoms with Gasteiger partial charge >= 0.3 is 18.0 Å². The van der Waals surface area contributed by atoms with Crippen LogP contribution in [0.1, 0.15) is 12.0 Å². The van der Waals surface area contributed by atoms with Crippen LogP contribution in [-0.4, -0.2) is 49.7 Å². The summed E-state index contributed by atoms with van der Waals surface area (Å²) in [4.78, 5) is 37.0. The summed E-state index contributed by atoms with van der Waals surface area (Å²) in [7, 11) is 2.51. The Morgan fingerprint density at radius 3 is 2.35 bits per heavy atom. The highest BCUT2D eigenvalue weighted by Gasteiger charge is 2.44. The van der Waals surface area contributed by atoms with Crippen LogP contribution in [0.15, 0.2) is 30.3 Å². The second-order valence-electron chi connectivity index (χ2n) is 5.19. The molecule has 0 spiro atoms. The minimum atomic E-state index is -0.840. The summed E-state index contributed by atoms with van der Waals surface area (Å²) in [5, 5.41) is 0. The maximum atomic E-state index is 12.2. The van der Waals surface area contributed by atoms with Gasteiger partial charge in [-0.1, -0.05) is 30.3 Å². The third-order valence-corrected chi connectivity index (χ3v) is 3.75. The summed E-state index contributed by atoms with van der Waals surface area (Å²) < 4.78 is 14.6. The molecule has 7 nitrogen and oxygen atoms in total. The Labute approximate surface area is 134 Å². The zero-order valence-corrected chi connectivity index (χ0v) is 13.1. The number of amides is 1. The normalized spacial score (nSPS) is 20.0. The van der Waals surface area contributed by atoms with Gasteiger partial charge in [-0.05, 0) is 12.0 Å². The number of ether oxygens (including phenoxy) is 3. The van der Waals surface area contributed by atoms with E-state index in [1.165, 1.54) is 19.1 Å². The molecule has 1 saturated heterocycles. The lowest BCUT2D eigenvalue weighted by molar-refractivity contribution is -0.145. The van der Waals surface area contributed by atoms with Crippen molar-refractivity contribution < 1.29 is 28.6 Å². The van der Waals surface area contributed by atoms with Gasteiger partial charge in [-0.3, -0.25) is 9.69 Å². The number of carbonyl (C=O) groups is 3. The van der Waals surface area contributed by atoms with Gasteiger partial charge < -0.3 is 14.2 Å². The molecule has 0 aromatic heterocycles. The van der Waals surface area contributed by atoms with Crippen molar-refractivity contribution in [3.8, 4) is 0 Å². The lowest BCUT2D eigenvalue weighted by Crippen LogP contribution is -2.41. The van der Waals surface area contributed by atoms with E-state index in [9.17, 15) is 14.4 Å². The zero-order chi connectivity index (χ0) is 16.8. The minimum absolute atomic E-state index is 0.0695. The Kier molecular flexibility index (Phi) is 5.56. The molecule has 124 valence electrons. The molecule has 0 bridgehead atoms. The predicted molar refractivity (Wildman–Crippen MR) is 79.3 cm³/mol. The molecule has 0 aliphatic carbocycles. The first-order valence-corrected chi connectivity index (χ1v) is 7.19. The van der Waals surface area contributed by atoms with E-state index < -0.39 is 30.0 Å². The van der Waals surface area contributed by atoms with Gasteiger partial charge in [0.2, 0.25) is 0 Å². The highest BCUT2D eigenvalue weighted by molar-refractivity contribution is 5.85. The van der Waals surface area contributed by atoms with Crippen molar-refractivity contribution in [3.63, 3.8) is 0 Å². The fourth-order valence-electron chi connectivity index (χ4n) is 2.54. The van der Waals surface area contributed by atoms with E-state index in [2.05, 4.69) is 4.74 Å². The third kappa shape index (κ3) is 4.00. The van der Waals surface area contributed by atoms with Gasteiger partial charge in [0.25, 0.3) is 0 Å². The molecular weight excluding hydrogens is 302 g/mol. The fourth-order valence-corrected chi connectivity index (χ4v) is 2.54. The number of likely N-dealkylation sites (tertiary alicyclic amines) is 1. The molecule has 1 aromatic rings. The molecule has 2 atom stereocenters. The Morgan fingerprint density at radius 1 is 1.09 bits per heavy atom. The first-order chi connectivity index (χ1) is 11.1. The summed E-state index contributed by atoms with van der Waals surface area (Å²) in [6.45, 7) is 0.160. The first-order valence-electron chi connectivity index (χ1n) is 7.19. The Hall–Kier alpha value is -2.57. The van der Waals surface area contributed by atoms with Gasteiger partial charge in [-0.2, -0.15) is 0 Å². The fraction of sp³-hybridized carbons (Fsp3) is 0.438. The second-order valence-corrected chi connectivity index (χ2v) is 5.19. The van der Waals surface area contributed by atoms with Crippen LogP contribution in [0.4, 0.5) is 4.79 Å². The quantitative estimate of drug-likeness (QED) is 0.615. The number of hydrogen-bond acceptors (Lipinski definition) is 6. The van der Waals surface area contributed by atoms with Gasteiger partial charge in [0.15, 0.2) is 0 Å². The van der Waals surface area contributed by atoms with Gasteiger partial charge in [0.05, 0.1) is 20.1 Å². The van der Waals surface area contributed by atoms with Crippen LogP contribution >= 0.6 is 0 Å². The van der Waals surface area contributed by atoms with E-state index >= 15 is 0 Å². The number of benzene rings is 1. The monoisotopic (exact) mass is 321 g/mol. The van der Waals surface area contributed by atoms with Crippen molar-refractivity contribution in [2.45, 2.75) is 19.1 Å². The summed E-state index contributed by atoms with van der Waals surface area (Å²) in [5.74, 6) is -1.60. The van der Waals surface area contributed by atoms with E-state index in [1.54, 1.807) is 0 Å². The molecule has 0 radical (unpaired) electrons. The number of methoxy groups -OCH3 is 2. The molecule has 7 heteroatoms. The molecule has 0 unspecified atom stereocenters. The lowest BCUT2D eigenvalue weighted by atomic mass is 10.1. The van der Waals surface area contributed by atoms with Gasteiger partial charge in [-0.15, -0.1) is 0 Å².